The van der Waals surface area contributed by atoms with E-state index in [9.17, 15) is 0 Å². The van der Waals surface area contributed by atoms with Gasteiger partial charge in [-0.15, -0.1) is 0 Å². The average Bonchev–Trinajstić information content (AvgIpc) is 1.61. The molecule has 0 aromatic carbocycles. The maximum absolute atomic E-state index is 7.91. The van der Waals surface area contributed by atoms with Crippen molar-refractivity contribution in [2.75, 3.05) is 5.75 Å². The molecule has 0 aliphatic heterocycles. The van der Waals surface area contributed by atoms with Crippen molar-refractivity contribution < 1.29 is 0 Å². The minimum absolute atomic E-state index is 0.969. The fraction of sp³-hybridized carbons (Fsp3) is 0.750. The van der Waals surface area contributed by atoms with Crippen LogP contribution in [0.25, 0.3) is 0 Å². The summed E-state index contributed by atoms with van der Waals surface area (Å²) in [6, 6.07) is 0. The van der Waals surface area contributed by atoms with E-state index in [-0.39, 0.29) is 0 Å². The van der Waals surface area contributed by atoms with Crippen molar-refractivity contribution in [3.05, 3.63) is 0 Å². The Bertz CT molecular complexity index is 55.1. The molecule has 0 fully saturated rings. The first-order valence-corrected chi connectivity index (χ1v) is 2.91. The fourth-order valence-corrected chi connectivity index (χ4v) is 0.443. The van der Waals surface area contributed by atoms with E-state index in [0.29, 0.717) is 0 Å². The normalized spacial score (nSPS) is 7.33. The van der Waals surface area contributed by atoms with E-state index in [1.54, 1.807) is 0 Å². The lowest BCUT2D eigenvalue weighted by atomic mass is 10.6. The summed E-state index contributed by atoms with van der Waals surface area (Å²) in [7, 11) is 0. The van der Waals surface area contributed by atoms with Gasteiger partial charge in [-0.2, -0.15) is 5.26 Å². The summed E-state index contributed by atoms with van der Waals surface area (Å²) < 4.78 is 0. The topological polar surface area (TPSA) is 23.8 Å². The van der Waals surface area contributed by atoms with E-state index in [1.165, 1.54) is 11.8 Å². The van der Waals surface area contributed by atoms with Crippen molar-refractivity contribution in [3.63, 3.8) is 0 Å². The van der Waals surface area contributed by atoms with Gasteiger partial charge >= 0.3 is 0 Å². The van der Waals surface area contributed by atoms with E-state index in [0.717, 1.165) is 12.2 Å². The van der Waals surface area contributed by atoms with Crippen molar-refractivity contribution in [2.24, 2.45) is 0 Å². The Kier molecular flexibility index (Phi) is 4.71. The molecule has 1 nitrogen and oxygen atoms in total. The lowest BCUT2D eigenvalue weighted by Gasteiger charge is -1.76. The van der Waals surface area contributed by atoms with Crippen molar-refractivity contribution >= 4 is 11.8 Å². The molecule has 0 heterocycles. The van der Waals surface area contributed by atoms with Gasteiger partial charge in [0.1, 0.15) is 5.40 Å². The van der Waals surface area contributed by atoms with Crippen LogP contribution in [-0.4, -0.2) is 5.75 Å². The predicted octanol–water partition coefficient (Wildman–Crippen LogP) is 1.61. The molecule has 0 aliphatic rings. The summed E-state index contributed by atoms with van der Waals surface area (Å²) >= 11 is 1.31. The van der Waals surface area contributed by atoms with E-state index in [2.05, 4.69) is 6.92 Å². The van der Waals surface area contributed by atoms with E-state index in [4.69, 9.17) is 5.26 Å². The number of nitrogens with zero attached hydrogens (tertiary/aromatic N) is 1. The first-order valence-electron chi connectivity index (χ1n) is 1.92. The second-order valence-corrected chi connectivity index (χ2v) is 1.82. The third-order valence-electron chi connectivity index (χ3n) is 0.371. The molecule has 0 saturated carbocycles. The lowest BCUT2D eigenvalue weighted by molar-refractivity contribution is 1.11. The Morgan fingerprint density at radius 2 is 2.50 bits per heavy atom. The zero-order valence-corrected chi connectivity index (χ0v) is 4.59. The fourth-order valence-electron chi connectivity index (χ4n) is 0.148. The number of thiocyanates is 1. The molecule has 2 heteroatoms. The van der Waals surface area contributed by atoms with E-state index in [1.807, 2.05) is 5.40 Å². The van der Waals surface area contributed by atoms with Crippen LogP contribution in [0.3, 0.4) is 0 Å². The highest BCUT2D eigenvalue weighted by Crippen LogP contribution is 1.95. The van der Waals surface area contributed by atoms with Gasteiger partial charge in [-0.05, 0) is 18.2 Å². The third kappa shape index (κ3) is 3.84. The number of hydrogen-bond donors (Lipinski definition) is 0. The third-order valence-corrected chi connectivity index (χ3v) is 1.11. The first kappa shape index (κ1) is 5.84. The molecule has 0 saturated heterocycles. The standard InChI is InChI=1S/C4H7NS/c1-2-3-6-4-5/h2-3H2,1H3. The van der Waals surface area contributed by atoms with Gasteiger partial charge in [0, 0.05) is 5.75 Å². The molecule has 0 rings (SSSR count). The molecule has 0 aromatic heterocycles. The van der Waals surface area contributed by atoms with Crippen LogP contribution in [0.15, 0.2) is 0 Å². The molecule has 6 heavy (non-hydrogen) atoms. The Morgan fingerprint density at radius 1 is 1.83 bits per heavy atom. The molecular formula is C4H7NS. The predicted molar refractivity (Wildman–Crippen MR) is 28.4 cm³/mol. The average molecular weight is 101 g/mol. The molecule has 34 valence electrons. The van der Waals surface area contributed by atoms with Crippen LogP contribution in [0.4, 0.5) is 0 Å². The smallest absolute Gasteiger partial charge is 0.133 e. The van der Waals surface area contributed by atoms with Gasteiger partial charge in [0.2, 0.25) is 0 Å². The van der Waals surface area contributed by atoms with Gasteiger partial charge in [-0.25, -0.2) is 0 Å². The van der Waals surface area contributed by atoms with Crippen LogP contribution < -0.4 is 0 Å². The van der Waals surface area contributed by atoms with Crippen molar-refractivity contribution in [1.82, 2.24) is 0 Å². The summed E-state index contributed by atoms with van der Waals surface area (Å²) in [5, 5.41) is 9.90. The van der Waals surface area contributed by atoms with Crippen LogP contribution in [0, 0.1) is 10.7 Å². The van der Waals surface area contributed by atoms with Gasteiger partial charge in [0.05, 0.1) is 0 Å². The van der Waals surface area contributed by atoms with Crippen molar-refractivity contribution in [3.8, 4) is 5.40 Å². The van der Waals surface area contributed by atoms with E-state index < -0.39 is 0 Å². The van der Waals surface area contributed by atoms with Crippen LogP contribution in [0.5, 0.6) is 0 Å². The maximum atomic E-state index is 7.91. The number of rotatable bonds is 2. The minimum Gasteiger partial charge on any atom is -0.185 e. The number of hydrogen-bond acceptors (Lipinski definition) is 2. The molecule has 0 bridgehead atoms. The second-order valence-electron chi connectivity index (χ2n) is 0.940. The van der Waals surface area contributed by atoms with Gasteiger partial charge in [0.25, 0.3) is 0 Å². The highest BCUT2D eigenvalue weighted by molar-refractivity contribution is 8.03. The first-order chi connectivity index (χ1) is 2.91. The molecule has 0 radical (unpaired) electrons. The Labute approximate surface area is 42.3 Å². The van der Waals surface area contributed by atoms with Gasteiger partial charge in [0.15, 0.2) is 0 Å². The Morgan fingerprint density at radius 3 is 2.67 bits per heavy atom. The highest BCUT2D eigenvalue weighted by Gasteiger charge is 1.74. The second kappa shape index (κ2) is 4.84. The van der Waals surface area contributed by atoms with Crippen molar-refractivity contribution in [1.29, 1.82) is 5.26 Å². The Balaban J connectivity index is 2.54. The van der Waals surface area contributed by atoms with Crippen LogP contribution in [-0.2, 0) is 0 Å². The molecule has 0 aliphatic carbocycles. The largest absolute Gasteiger partial charge is 0.185 e. The minimum atomic E-state index is 0.969. The van der Waals surface area contributed by atoms with Crippen molar-refractivity contribution in [2.45, 2.75) is 13.3 Å². The van der Waals surface area contributed by atoms with Crippen LogP contribution >= 0.6 is 11.8 Å². The van der Waals surface area contributed by atoms with Gasteiger partial charge in [-0.1, -0.05) is 6.92 Å². The zero-order chi connectivity index (χ0) is 4.83. The number of thioether (sulfide) groups is 1. The van der Waals surface area contributed by atoms with Gasteiger partial charge < -0.3 is 0 Å². The molecule has 0 atom stereocenters. The zero-order valence-electron chi connectivity index (χ0n) is 3.77. The summed E-state index contributed by atoms with van der Waals surface area (Å²) in [5.41, 5.74) is 0. The molecular weight excluding hydrogens is 94.1 g/mol. The Hall–Kier alpha value is -0.160. The molecule has 0 amide bonds. The highest BCUT2D eigenvalue weighted by atomic mass is 32.2. The molecule has 0 aromatic rings. The van der Waals surface area contributed by atoms with Gasteiger partial charge in [-0.3, -0.25) is 0 Å². The quantitative estimate of drug-likeness (QED) is 0.389. The maximum Gasteiger partial charge on any atom is 0.133 e. The summed E-state index contributed by atoms with van der Waals surface area (Å²) in [5.74, 6) is 0.969. The van der Waals surface area contributed by atoms with Crippen LogP contribution in [0.2, 0.25) is 0 Å². The molecule has 0 N–H and O–H groups in total. The SMILES string of the molecule is CCCSC#N. The lowest BCUT2D eigenvalue weighted by Crippen LogP contribution is -1.64. The summed E-state index contributed by atoms with van der Waals surface area (Å²) in [4.78, 5) is 0. The molecule has 0 unspecified atom stereocenters. The van der Waals surface area contributed by atoms with Crippen LogP contribution in [0.1, 0.15) is 13.3 Å². The summed E-state index contributed by atoms with van der Waals surface area (Å²) in [6.45, 7) is 2.06. The monoisotopic (exact) mass is 101 g/mol. The number of nitriles is 1. The molecule has 0 spiro atoms. The summed E-state index contributed by atoms with van der Waals surface area (Å²) in [6.07, 6.45) is 1.10. The van der Waals surface area contributed by atoms with E-state index >= 15 is 0 Å².